The fourth-order valence-corrected chi connectivity index (χ4v) is 2.94. The Morgan fingerprint density at radius 2 is 2.26 bits per heavy atom. The maximum atomic E-state index is 13.1. The van der Waals surface area contributed by atoms with Gasteiger partial charge in [0.15, 0.2) is 0 Å². The summed E-state index contributed by atoms with van der Waals surface area (Å²) in [4.78, 5) is 2.46. The summed E-state index contributed by atoms with van der Waals surface area (Å²) in [5.41, 5.74) is 1.01. The second-order valence-electron chi connectivity index (χ2n) is 5.42. The van der Waals surface area contributed by atoms with Crippen molar-refractivity contribution in [2.45, 2.75) is 45.3 Å². The lowest BCUT2D eigenvalue weighted by Gasteiger charge is -2.39. The third-order valence-corrected chi connectivity index (χ3v) is 4.09. The first-order valence-corrected chi connectivity index (χ1v) is 7.39. The van der Waals surface area contributed by atoms with Gasteiger partial charge in [-0.3, -0.25) is 4.90 Å². The molecule has 0 amide bonds. The summed E-state index contributed by atoms with van der Waals surface area (Å²) in [5.74, 6) is -0.271. The Morgan fingerprint density at radius 3 is 2.95 bits per heavy atom. The molecule has 1 N–H and O–H groups in total. The first kappa shape index (κ1) is 14.8. The molecule has 0 saturated carbocycles. The monoisotopic (exact) mass is 284 g/mol. The summed E-state index contributed by atoms with van der Waals surface area (Å²) in [6.07, 6.45) is 2.35. The van der Waals surface area contributed by atoms with E-state index in [1.54, 1.807) is 6.07 Å². The van der Waals surface area contributed by atoms with Gasteiger partial charge < -0.3 is 5.32 Å². The minimum Gasteiger partial charge on any atom is -0.311 e. The Hall–Kier alpha value is -0.640. The molecule has 0 aromatic heterocycles. The third-order valence-electron chi connectivity index (χ3n) is 3.74. The van der Waals surface area contributed by atoms with Crippen molar-refractivity contribution in [2.75, 3.05) is 13.1 Å². The molecule has 0 bridgehead atoms. The Labute approximate surface area is 119 Å². The van der Waals surface area contributed by atoms with Gasteiger partial charge in [0.2, 0.25) is 0 Å². The van der Waals surface area contributed by atoms with E-state index < -0.39 is 0 Å². The molecular formula is C15H22ClFN2. The van der Waals surface area contributed by atoms with Crippen LogP contribution in [0.5, 0.6) is 0 Å². The number of nitrogens with zero attached hydrogens (tertiary/aromatic N) is 1. The molecule has 1 heterocycles. The number of hydrogen-bond acceptors (Lipinski definition) is 2. The van der Waals surface area contributed by atoms with Gasteiger partial charge in [0.1, 0.15) is 5.82 Å². The van der Waals surface area contributed by atoms with E-state index in [1.165, 1.54) is 25.0 Å². The zero-order valence-electron chi connectivity index (χ0n) is 11.6. The van der Waals surface area contributed by atoms with Crippen LogP contribution in [0.3, 0.4) is 0 Å². The molecule has 106 valence electrons. The quantitative estimate of drug-likeness (QED) is 0.911. The van der Waals surface area contributed by atoms with Crippen LogP contribution in [0.2, 0.25) is 5.02 Å². The van der Waals surface area contributed by atoms with Crippen LogP contribution in [0.4, 0.5) is 4.39 Å². The summed E-state index contributed by atoms with van der Waals surface area (Å²) in [6, 6.07) is 5.72. The molecule has 0 radical (unpaired) electrons. The second kappa shape index (κ2) is 6.69. The molecule has 1 aliphatic rings. The molecule has 1 fully saturated rings. The third kappa shape index (κ3) is 3.91. The topological polar surface area (TPSA) is 15.3 Å². The summed E-state index contributed by atoms with van der Waals surface area (Å²) in [6.45, 7) is 7.24. The smallest absolute Gasteiger partial charge is 0.124 e. The van der Waals surface area contributed by atoms with Gasteiger partial charge in [-0.05, 0) is 31.0 Å². The van der Waals surface area contributed by atoms with E-state index in [0.29, 0.717) is 17.1 Å². The van der Waals surface area contributed by atoms with Gasteiger partial charge in [0, 0.05) is 36.7 Å². The summed E-state index contributed by atoms with van der Waals surface area (Å²) in [5, 5.41) is 4.05. The maximum Gasteiger partial charge on any atom is 0.124 e. The molecule has 2 rings (SSSR count). The van der Waals surface area contributed by atoms with Crippen molar-refractivity contribution in [3.63, 3.8) is 0 Å². The summed E-state index contributed by atoms with van der Waals surface area (Å²) < 4.78 is 13.1. The number of piperazine rings is 1. The number of benzene rings is 1. The molecule has 4 heteroatoms. The zero-order chi connectivity index (χ0) is 13.8. The van der Waals surface area contributed by atoms with Crippen molar-refractivity contribution in [1.82, 2.24) is 10.2 Å². The van der Waals surface area contributed by atoms with E-state index in [9.17, 15) is 4.39 Å². The molecule has 2 nitrogen and oxygen atoms in total. The van der Waals surface area contributed by atoms with Crippen LogP contribution in [-0.2, 0) is 6.54 Å². The highest BCUT2D eigenvalue weighted by atomic mass is 35.5. The lowest BCUT2D eigenvalue weighted by molar-refractivity contribution is 0.120. The molecule has 2 unspecified atom stereocenters. The number of halogens is 2. The fourth-order valence-electron chi connectivity index (χ4n) is 2.71. The van der Waals surface area contributed by atoms with Gasteiger partial charge in [0.25, 0.3) is 0 Å². The highest BCUT2D eigenvalue weighted by Crippen LogP contribution is 2.22. The van der Waals surface area contributed by atoms with Gasteiger partial charge in [-0.25, -0.2) is 4.39 Å². The van der Waals surface area contributed by atoms with Crippen molar-refractivity contribution < 1.29 is 4.39 Å². The predicted octanol–water partition coefficient (Wildman–Crippen LogP) is 3.44. The Balaban J connectivity index is 2.09. The van der Waals surface area contributed by atoms with Gasteiger partial charge in [-0.15, -0.1) is 0 Å². The van der Waals surface area contributed by atoms with Crippen molar-refractivity contribution in [3.05, 3.63) is 34.6 Å². The first-order chi connectivity index (χ1) is 9.10. The van der Waals surface area contributed by atoms with Gasteiger partial charge >= 0.3 is 0 Å². The molecule has 1 saturated heterocycles. The average Bonchev–Trinajstić information content (AvgIpc) is 2.36. The molecule has 1 aromatic rings. The molecule has 19 heavy (non-hydrogen) atoms. The van der Waals surface area contributed by atoms with E-state index in [2.05, 4.69) is 24.1 Å². The first-order valence-electron chi connectivity index (χ1n) is 7.01. The van der Waals surface area contributed by atoms with Gasteiger partial charge in [-0.2, -0.15) is 0 Å². The Bertz CT molecular complexity index is 425. The van der Waals surface area contributed by atoms with Crippen molar-refractivity contribution in [3.8, 4) is 0 Å². The van der Waals surface area contributed by atoms with Crippen molar-refractivity contribution in [2.24, 2.45) is 0 Å². The van der Waals surface area contributed by atoms with Crippen LogP contribution in [0.15, 0.2) is 18.2 Å². The van der Waals surface area contributed by atoms with Gasteiger partial charge in [0.05, 0.1) is 0 Å². The van der Waals surface area contributed by atoms with Crippen LogP contribution in [0.1, 0.15) is 32.3 Å². The lowest BCUT2D eigenvalue weighted by atomic mass is 10.0. The fraction of sp³-hybridized carbons (Fsp3) is 0.600. The van der Waals surface area contributed by atoms with E-state index in [-0.39, 0.29) is 5.82 Å². The van der Waals surface area contributed by atoms with Crippen LogP contribution in [0.25, 0.3) is 0 Å². The van der Waals surface area contributed by atoms with Gasteiger partial charge in [-0.1, -0.05) is 31.0 Å². The molecule has 0 spiro atoms. The largest absolute Gasteiger partial charge is 0.311 e. The summed E-state index contributed by atoms with van der Waals surface area (Å²) >= 11 is 6.13. The van der Waals surface area contributed by atoms with Crippen LogP contribution in [0, 0.1) is 5.82 Å². The highest BCUT2D eigenvalue weighted by Gasteiger charge is 2.25. The van der Waals surface area contributed by atoms with E-state index in [0.717, 1.165) is 25.2 Å². The number of nitrogens with one attached hydrogen (secondary N) is 1. The van der Waals surface area contributed by atoms with E-state index >= 15 is 0 Å². The molecule has 2 atom stereocenters. The second-order valence-corrected chi connectivity index (χ2v) is 5.82. The normalized spacial score (nSPS) is 24.6. The Morgan fingerprint density at radius 1 is 1.47 bits per heavy atom. The molecule has 1 aromatic carbocycles. The van der Waals surface area contributed by atoms with Crippen molar-refractivity contribution in [1.29, 1.82) is 0 Å². The summed E-state index contributed by atoms with van der Waals surface area (Å²) in [7, 11) is 0. The maximum absolute atomic E-state index is 13.1. The minimum atomic E-state index is -0.271. The van der Waals surface area contributed by atoms with Crippen LogP contribution in [-0.4, -0.2) is 30.1 Å². The average molecular weight is 285 g/mol. The van der Waals surface area contributed by atoms with Crippen LogP contribution >= 0.6 is 11.6 Å². The Kier molecular flexibility index (Phi) is 5.20. The minimum absolute atomic E-state index is 0.271. The predicted molar refractivity (Wildman–Crippen MR) is 78.0 cm³/mol. The highest BCUT2D eigenvalue weighted by molar-refractivity contribution is 6.31. The molecule has 1 aliphatic heterocycles. The van der Waals surface area contributed by atoms with Crippen LogP contribution < -0.4 is 5.32 Å². The standard InChI is InChI=1S/C15H22ClFN2/c1-3-4-14-8-18-11(2)9-19(14)10-12-5-6-13(17)7-15(12)16/h5-7,11,14,18H,3-4,8-10H2,1-2H3. The lowest BCUT2D eigenvalue weighted by Crippen LogP contribution is -2.54. The number of rotatable bonds is 4. The van der Waals surface area contributed by atoms with E-state index in [4.69, 9.17) is 11.6 Å². The molecular weight excluding hydrogens is 263 g/mol. The number of hydrogen-bond donors (Lipinski definition) is 1. The SMILES string of the molecule is CCCC1CNC(C)CN1Cc1ccc(F)cc1Cl. The van der Waals surface area contributed by atoms with Crippen molar-refractivity contribution >= 4 is 11.6 Å². The van der Waals surface area contributed by atoms with E-state index in [1.807, 2.05) is 0 Å². The zero-order valence-corrected chi connectivity index (χ0v) is 12.4. The molecule has 0 aliphatic carbocycles.